The largest absolute Gasteiger partial charge is 0.416 e. The standard InChI is InChI=1S/C21H24F3NO4S/c1-14(2)20(26)25(15(3)4)13-16-7-5-9-18(11-16)29-30(27,28)19-10-6-8-17(12-19)21(22,23)24/h5-12,14-15H,13H2,1-4H3. The molecule has 0 aromatic heterocycles. The first-order valence-electron chi connectivity index (χ1n) is 9.32. The summed E-state index contributed by atoms with van der Waals surface area (Å²) in [7, 11) is -4.47. The fourth-order valence-electron chi connectivity index (χ4n) is 2.74. The third-order valence-electron chi connectivity index (χ3n) is 4.31. The summed E-state index contributed by atoms with van der Waals surface area (Å²) in [6, 6.07) is 9.40. The van der Waals surface area contributed by atoms with Gasteiger partial charge in [0, 0.05) is 18.5 Å². The summed E-state index contributed by atoms with van der Waals surface area (Å²) in [5.41, 5.74) is -0.449. The lowest BCUT2D eigenvalue weighted by atomic mass is 10.1. The zero-order valence-corrected chi connectivity index (χ0v) is 17.9. The molecule has 2 aromatic carbocycles. The maximum atomic E-state index is 12.9. The van der Waals surface area contributed by atoms with E-state index < -0.39 is 26.8 Å². The van der Waals surface area contributed by atoms with E-state index in [1.807, 2.05) is 13.8 Å². The summed E-state index contributed by atoms with van der Waals surface area (Å²) >= 11 is 0. The molecule has 0 N–H and O–H groups in total. The third kappa shape index (κ3) is 5.98. The summed E-state index contributed by atoms with van der Waals surface area (Å²) in [6.07, 6.45) is -4.67. The van der Waals surface area contributed by atoms with Crippen molar-refractivity contribution in [3.05, 3.63) is 59.7 Å². The van der Waals surface area contributed by atoms with Crippen LogP contribution in [0.15, 0.2) is 53.4 Å². The molecule has 0 aliphatic heterocycles. The minimum Gasteiger partial charge on any atom is -0.379 e. The Hall–Kier alpha value is -2.55. The molecule has 0 spiro atoms. The van der Waals surface area contributed by atoms with Crippen LogP contribution in [0.2, 0.25) is 0 Å². The van der Waals surface area contributed by atoms with Gasteiger partial charge in [0.15, 0.2) is 0 Å². The molecule has 0 unspecified atom stereocenters. The average molecular weight is 443 g/mol. The molecule has 0 bridgehead atoms. The molecule has 0 fully saturated rings. The molecule has 0 radical (unpaired) electrons. The van der Waals surface area contributed by atoms with E-state index in [0.29, 0.717) is 11.6 Å². The Bertz CT molecular complexity index is 1000. The quantitative estimate of drug-likeness (QED) is 0.573. The van der Waals surface area contributed by atoms with Crippen LogP contribution in [0.1, 0.15) is 38.8 Å². The topological polar surface area (TPSA) is 63.7 Å². The predicted molar refractivity (Wildman–Crippen MR) is 106 cm³/mol. The molecule has 9 heteroatoms. The maximum Gasteiger partial charge on any atom is 0.416 e. The van der Waals surface area contributed by atoms with Crippen LogP contribution < -0.4 is 4.18 Å². The molecule has 1 amide bonds. The van der Waals surface area contributed by atoms with Crippen LogP contribution in [0.5, 0.6) is 5.75 Å². The molecule has 30 heavy (non-hydrogen) atoms. The molecule has 0 atom stereocenters. The van der Waals surface area contributed by atoms with Gasteiger partial charge in [0.2, 0.25) is 5.91 Å². The van der Waals surface area contributed by atoms with Crippen LogP contribution in [0.3, 0.4) is 0 Å². The zero-order valence-electron chi connectivity index (χ0n) is 17.1. The second kappa shape index (κ2) is 9.07. The van der Waals surface area contributed by atoms with Gasteiger partial charge in [0.25, 0.3) is 0 Å². The number of amides is 1. The lowest BCUT2D eigenvalue weighted by Gasteiger charge is -2.28. The lowest BCUT2D eigenvalue weighted by Crippen LogP contribution is -2.38. The van der Waals surface area contributed by atoms with Gasteiger partial charge in [0.05, 0.1) is 5.56 Å². The van der Waals surface area contributed by atoms with E-state index in [-0.39, 0.29) is 30.2 Å². The highest BCUT2D eigenvalue weighted by Crippen LogP contribution is 2.31. The number of benzene rings is 2. The van der Waals surface area contributed by atoms with Crippen LogP contribution in [-0.2, 0) is 27.6 Å². The van der Waals surface area contributed by atoms with Crippen molar-refractivity contribution in [3.63, 3.8) is 0 Å². The minimum atomic E-state index is -4.67. The smallest absolute Gasteiger partial charge is 0.379 e. The van der Waals surface area contributed by atoms with Crippen molar-refractivity contribution in [1.29, 1.82) is 0 Å². The van der Waals surface area contributed by atoms with E-state index in [4.69, 9.17) is 4.18 Å². The van der Waals surface area contributed by atoms with Crippen molar-refractivity contribution in [2.24, 2.45) is 5.92 Å². The third-order valence-corrected chi connectivity index (χ3v) is 5.55. The number of rotatable bonds is 7. The van der Waals surface area contributed by atoms with E-state index >= 15 is 0 Å². The molecule has 0 saturated carbocycles. The first kappa shape index (κ1) is 23.7. The number of alkyl halides is 3. The van der Waals surface area contributed by atoms with Gasteiger partial charge >= 0.3 is 16.3 Å². The van der Waals surface area contributed by atoms with Crippen LogP contribution in [-0.4, -0.2) is 25.3 Å². The summed E-state index contributed by atoms with van der Waals surface area (Å²) in [5.74, 6) is -0.299. The summed E-state index contributed by atoms with van der Waals surface area (Å²) in [6.45, 7) is 7.57. The van der Waals surface area contributed by atoms with Crippen molar-refractivity contribution < 1.29 is 30.6 Å². The zero-order chi connectivity index (χ0) is 22.7. The Kier molecular flexibility index (Phi) is 7.18. The normalized spacial score (nSPS) is 12.3. The summed E-state index contributed by atoms with van der Waals surface area (Å²) < 4.78 is 68.6. The molecule has 0 aliphatic rings. The van der Waals surface area contributed by atoms with Gasteiger partial charge in [-0.3, -0.25) is 4.79 Å². The van der Waals surface area contributed by atoms with E-state index in [1.165, 1.54) is 12.1 Å². The van der Waals surface area contributed by atoms with E-state index in [2.05, 4.69) is 0 Å². The van der Waals surface area contributed by atoms with E-state index in [0.717, 1.165) is 18.2 Å². The maximum absolute atomic E-state index is 12.9. The summed E-state index contributed by atoms with van der Waals surface area (Å²) in [5, 5.41) is 0. The van der Waals surface area contributed by atoms with Crippen molar-refractivity contribution in [1.82, 2.24) is 4.90 Å². The highest BCUT2D eigenvalue weighted by atomic mass is 32.2. The molecule has 2 aromatic rings. The molecular weight excluding hydrogens is 419 g/mol. The van der Waals surface area contributed by atoms with Crippen LogP contribution in [0.25, 0.3) is 0 Å². The minimum absolute atomic E-state index is 0.0482. The molecule has 5 nitrogen and oxygen atoms in total. The number of nitrogens with zero attached hydrogens (tertiary/aromatic N) is 1. The van der Waals surface area contributed by atoms with Gasteiger partial charge in [-0.1, -0.05) is 32.0 Å². The van der Waals surface area contributed by atoms with Crippen molar-refractivity contribution >= 4 is 16.0 Å². The number of carbonyl (C=O) groups excluding carboxylic acids is 1. The molecule has 0 aliphatic carbocycles. The monoisotopic (exact) mass is 443 g/mol. The summed E-state index contributed by atoms with van der Waals surface area (Å²) in [4.78, 5) is 13.5. The van der Waals surface area contributed by atoms with Gasteiger partial charge in [-0.25, -0.2) is 0 Å². The molecule has 164 valence electrons. The second-order valence-corrected chi connectivity index (χ2v) is 8.97. The molecule has 2 rings (SSSR count). The Morgan fingerprint density at radius 2 is 1.67 bits per heavy atom. The molecule has 0 heterocycles. The molecular formula is C21H24F3NO4S. The fraction of sp³-hybridized carbons (Fsp3) is 0.381. The van der Waals surface area contributed by atoms with Crippen LogP contribution in [0.4, 0.5) is 13.2 Å². The lowest BCUT2D eigenvalue weighted by molar-refractivity contribution is -0.138. The van der Waals surface area contributed by atoms with Crippen LogP contribution >= 0.6 is 0 Å². The van der Waals surface area contributed by atoms with Crippen molar-refractivity contribution in [3.8, 4) is 5.75 Å². The van der Waals surface area contributed by atoms with Gasteiger partial charge < -0.3 is 9.08 Å². The first-order chi connectivity index (χ1) is 13.8. The van der Waals surface area contributed by atoms with Gasteiger partial charge in [-0.05, 0) is 49.7 Å². The van der Waals surface area contributed by atoms with Crippen molar-refractivity contribution in [2.45, 2.75) is 51.4 Å². The van der Waals surface area contributed by atoms with Gasteiger partial charge in [-0.2, -0.15) is 21.6 Å². The highest BCUT2D eigenvalue weighted by Gasteiger charge is 2.32. The Morgan fingerprint density at radius 1 is 1.03 bits per heavy atom. The van der Waals surface area contributed by atoms with Crippen molar-refractivity contribution in [2.75, 3.05) is 0 Å². The Morgan fingerprint density at radius 3 is 2.23 bits per heavy atom. The number of carbonyl (C=O) groups is 1. The van der Waals surface area contributed by atoms with Crippen LogP contribution in [0, 0.1) is 5.92 Å². The Balaban J connectivity index is 2.27. The predicted octanol–water partition coefficient (Wildman–Crippen LogP) is 4.87. The number of hydrogen-bond donors (Lipinski definition) is 0. The fourth-order valence-corrected chi connectivity index (χ4v) is 3.71. The average Bonchev–Trinajstić information content (AvgIpc) is 2.64. The Labute approximate surface area is 174 Å². The van der Waals surface area contributed by atoms with Gasteiger partial charge in [-0.15, -0.1) is 0 Å². The molecule has 0 saturated heterocycles. The number of hydrogen-bond acceptors (Lipinski definition) is 4. The first-order valence-corrected chi connectivity index (χ1v) is 10.7. The van der Waals surface area contributed by atoms with E-state index in [9.17, 15) is 26.4 Å². The van der Waals surface area contributed by atoms with Gasteiger partial charge in [0.1, 0.15) is 10.6 Å². The number of halogens is 3. The highest BCUT2D eigenvalue weighted by molar-refractivity contribution is 7.87. The SMILES string of the molecule is CC(C)C(=O)N(Cc1cccc(OS(=O)(=O)c2cccc(C(F)(F)F)c2)c1)C(C)C. The van der Waals surface area contributed by atoms with E-state index in [1.54, 1.807) is 30.9 Å². The second-order valence-electron chi connectivity index (χ2n) is 7.43.